The molecule has 1 aliphatic heterocycles. The molecule has 27 heavy (non-hydrogen) atoms. The fourth-order valence-corrected chi connectivity index (χ4v) is 6.74. The highest BCUT2D eigenvalue weighted by atomic mass is 16.5. The Hall–Kier alpha value is -1.33. The highest BCUT2D eigenvalue weighted by molar-refractivity contribution is 5.54. The van der Waals surface area contributed by atoms with Gasteiger partial charge in [-0.15, -0.1) is 0 Å². The van der Waals surface area contributed by atoms with Gasteiger partial charge in [0.15, 0.2) is 0 Å². The maximum absolute atomic E-state index is 6.68. The first kappa shape index (κ1) is 17.7. The summed E-state index contributed by atoms with van der Waals surface area (Å²) in [4.78, 5) is 7.30. The van der Waals surface area contributed by atoms with E-state index in [1.807, 2.05) is 0 Å². The average molecular weight is 371 g/mol. The van der Waals surface area contributed by atoms with E-state index < -0.39 is 0 Å². The lowest BCUT2D eigenvalue weighted by Crippen LogP contribution is -2.62. The van der Waals surface area contributed by atoms with Gasteiger partial charge in [-0.25, -0.2) is 4.98 Å². The Labute approximate surface area is 163 Å². The number of hydrogen-bond donors (Lipinski definition) is 2. The molecular formula is C22H34N4O. The molecule has 4 saturated carbocycles. The Morgan fingerprint density at radius 3 is 2.37 bits per heavy atom. The van der Waals surface area contributed by atoms with Crippen LogP contribution in [0.3, 0.4) is 0 Å². The van der Waals surface area contributed by atoms with Crippen molar-refractivity contribution in [3.05, 3.63) is 17.8 Å². The first-order chi connectivity index (χ1) is 12.9. The number of nitrogens with two attached hydrogens (primary N) is 1. The van der Waals surface area contributed by atoms with E-state index in [4.69, 9.17) is 15.5 Å². The van der Waals surface area contributed by atoms with Gasteiger partial charge in [0.05, 0.1) is 23.6 Å². The second-order valence-electron chi connectivity index (χ2n) is 9.97. The number of aromatic nitrogens is 1. The van der Waals surface area contributed by atoms with E-state index in [1.54, 1.807) is 0 Å². The third kappa shape index (κ3) is 3.23. The summed E-state index contributed by atoms with van der Waals surface area (Å²) in [6, 6.07) is 5.00. The molecular weight excluding hydrogens is 336 g/mol. The van der Waals surface area contributed by atoms with Crippen molar-refractivity contribution in [2.24, 2.45) is 23.5 Å². The quantitative estimate of drug-likeness (QED) is 0.855. The molecule has 0 spiro atoms. The van der Waals surface area contributed by atoms with Crippen LogP contribution < -0.4 is 16.0 Å². The van der Waals surface area contributed by atoms with Gasteiger partial charge in [0.25, 0.3) is 0 Å². The Morgan fingerprint density at radius 1 is 1.11 bits per heavy atom. The third-order valence-corrected chi connectivity index (χ3v) is 7.46. The largest absolute Gasteiger partial charge is 0.380 e. The van der Waals surface area contributed by atoms with Crippen molar-refractivity contribution >= 4 is 11.5 Å². The Balaban J connectivity index is 1.32. The van der Waals surface area contributed by atoms with E-state index in [1.165, 1.54) is 37.8 Å². The molecule has 5 fully saturated rings. The monoisotopic (exact) mass is 370 g/mol. The van der Waals surface area contributed by atoms with Crippen LogP contribution in [0.4, 0.5) is 11.5 Å². The first-order valence-electron chi connectivity index (χ1n) is 10.8. The molecule has 3 N–H and O–H groups in total. The Bertz CT molecular complexity index is 696. The number of pyridine rings is 1. The molecule has 0 aromatic carbocycles. The van der Waals surface area contributed by atoms with Crippen LogP contribution in [-0.2, 0) is 4.74 Å². The molecule has 4 aliphatic carbocycles. The van der Waals surface area contributed by atoms with Crippen molar-refractivity contribution in [2.75, 3.05) is 23.3 Å². The zero-order valence-corrected chi connectivity index (χ0v) is 16.9. The van der Waals surface area contributed by atoms with E-state index in [0.29, 0.717) is 6.04 Å². The minimum atomic E-state index is 0.134. The van der Waals surface area contributed by atoms with Crippen molar-refractivity contribution in [3.63, 3.8) is 0 Å². The minimum Gasteiger partial charge on any atom is -0.380 e. The van der Waals surface area contributed by atoms with Crippen molar-refractivity contribution in [1.82, 2.24) is 4.98 Å². The smallest absolute Gasteiger partial charge is 0.129 e. The first-order valence-corrected chi connectivity index (χ1v) is 10.8. The average Bonchev–Trinajstić information content (AvgIpc) is 2.57. The molecule has 1 aromatic rings. The molecule has 1 saturated heterocycles. The lowest BCUT2D eigenvalue weighted by atomic mass is 9.51. The highest BCUT2D eigenvalue weighted by Crippen LogP contribution is 2.55. The zero-order chi connectivity index (χ0) is 18.8. The molecule has 0 radical (unpaired) electrons. The van der Waals surface area contributed by atoms with Gasteiger partial charge in [-0.3, -0.25) is 0 Å². The predicted molar refractivity (Wildman–Crippen MR) is 109 cm³/mol. The van der Waals surface area contributed by atoms with Crippen molar-refractivity contribution in [1.29, 1.82) is 0 Å². The molecule has 0 amide bonds. The van der Waals surface area contributed by atoms with E-state index in [0.717, 1.165) is 42.4 Å². The number of hydrogen-bond acceptors (Lipinski definition) is 5. The van der Waals surface area contributed by atoms with Crippen LogP contribution in [0.1, 0.15) is 51.6 Å². The van der Waals surface area contributed by atoms with Crippen LogP contribution >= 0.6 is 0 Å². The van der Waals surface area contributed by atoms with Crippen molar-refractivity contribution in [3.8, 4) is 0 Å². The number of aryl methyl sites for hydroxylation is 1. The third-order valence-electron chi connectivity index (χ3n) is 7.46. The minimum absolute atomic E-state index is 0.134. The molecule has 2 heterocycles. The van der Waals surface area contributed by atoms with Gasteiger partial charge in [0, 0.05) is 24.7 Å². The van der Waals surface area contributed by atoms with Crippen LogP contribution in [-0.4, -0.2) is 41.9 Å². The second-order valence-corrected chi connectivity index (χ2v) is 9.97. The molecule has 5 nitrogen and oxygen atoms in total. The van der Waals surface area contributed by atoms with Crippen LogP contribution in [0, 0.1) is 24.7 Å². The van der Waals surface area contributed by atoms with Gasteiger partial charge in [0.1, 0.15) is 5.82 Å². The summed E-state index contributed by atoms with van der Waals surface area (Å²) in [5.74, 6) is 3.42. The summed E-state index contributed by atoms with van der Waals surface area (Å²) < 4.78 is 5.86. The summed E-state index contributed by atoms with van der Waals surface area (Å²) in [6.45, 7) is 8.25. The molecule has 4 unspecified atom stereocenters. The van der Waals surface area contributed by atoms with Gasteiger partial charge < -0.3 is 20.7 Å². The van der Waals surface area contributed by atoms with Crippen LogP contribution in [0.25, 0.3) is 0 Å². The van der Waals surface area contributed by atoms with Crippen molar-refractivity contribution in [2.45, 2.75) is 76.7 Å². The second kappa shape index (κ2) is 6.35. The molecule has 148 valence electrons. The highest BCUT2D eigenvalue weighted by Gasteiger charge is 2.53. The molecule has 4 atom stereocenters. The lowest BCUT2D eigenvalue weighted by Gasteiger charge is -2.59. The van der Waals surface area contributed by atoms with Gasteiger partial charge in [-0.05, 0) is 82.8 Å². The van der Waals surface area contributed by atoms with E-state index in [9.17, 15) is 0 Å². The lowest BCUT2D eigenvalue weighted by molar-refractivity contribution is -0.0108. The van der Waals surface area contributed by atoms with Crippen LogP contribution in [0.5, 0.6) is 0 Å². The van der Waals surface area contributed by atoms with Gasteiger partial charge in [-0.2, -0.15) is 0 Å². The standard InChI is InChI=1S/C22H34N4O/c1-13-11-26(12-14(2)27-13)20-5-4-19(15(3)24-20)25-21-17-6-16-7-18(21)10-22(23,8-16)9-17/h4-5,13-14,16-18,21,25H,6-12,23H2,1-3H3. The molecule has 6 rings (SSSR count). The maximum atomic E-state index is 6.68. The van der Waals surface area contributed by atoms with Crippen LogP contribution in [0.15, 0.2) is 12.1 Å². The number of rotatable bonds is 3. The summed E-state index contributed by atoms with van der Waals surface area (Å²) in [6.07, 6.45) is 6.90. The molecule has 5 aliphatic rings. The number of nitrogens with one attached hydrogen (secondary N) is 1. The fourth-order valence-electron chi connectivity index (χ4n) is 6.74. The van der Waals surface area contributed by atoms with E-state index in [2.05, 4.69) is 43.1 Å². The number of nitrogens with zero attached hydrogens (tertiary/aromatic N) is 2. The summed E-state index contributed by atoms with van der Waals surface area (Å²) in [5, 5.41) is 3.90. The summed E-state index contributed by atoms with van der Waals surface area (Å²) in [7, 11) is 0. The van der Waals surface area contributed by atoms with Crippen molar-refractivity contribution < 1.29 is 4.74 Å². The van der Waals surface area contributed by atoms with E-state index in [-0.39, 0.29) is 17.7 Å². The van der Waals surface area contributed by atoms with E-state index >= 15 is 0 Å². The normalized spacial score (nSPS) is 43.2. The number of anilines is 2. The molecule has 1 aromatic heterocycles. The Kier molecular flexibility index (Phi) is 4.17. The number of ether oxygens (including phenoxy) is 1. The summed E-state index contributed by atoms with van der Waals surface area (Å²) in [5.41, 5.74) is 9.12. The zero-order valence-electron chi connectivity index (χ0n) is 16.9. The Morgan fingerprint density at radius 2 is 1.78 bits per heavy atom. The molecule has 5 heteroatoms. The fraction of sp³-hybridized carbons (Fsp3) is 0.773. The predicted octanol–water partition coefficient (Wildman–Crippen LogP) is 3.32. The SMILES string of the molecule is Cc1nc(N2CC(C)OC(C)C2)ccc1NC1C2CC3CC1CC(N)(C3)C2. The van der Waals surface area contributed by atoms with Gasteiger partial charge in [0.2, 0.25) is 0 Å². The topological polar surface area (TPSA) is 63.4 Å². The molecule has 4 bridgehead atoms. The van der Waals surface area contributed by atoms with Gasteiger partial charge in [-0.1, -0.05) is 0 Å². The van der Waals surface area contributed by atoms with Crippen LogP contribution in [0.2, 0.25) is 0 Å². The maximum Gasteiger partial charge on any atom is 0.129 e. The van der Waals surface area contributed by atoms with Gasteiger partial charge >= 0.3 is 0 Å². The number of morpholine rings is 1. The summed E-state index contributed by atoms with van der Waals surface area (Å²) >= 11 is 0.